The first-order chi connectivity index (χ1) is 15.9. The van der Waals surface area contributed by atoms with Gasteiger partial charge in [0.05, 0.1) is 26.2 Å². The molecule has 0 aliphatic carbocycles. The summed E-state index contributed by atoms with van der Waals surface area (Å²) in [6.07, 6.45) is 3.42. The Labute approximate surface area is 195 Å². The number of sulfonamides is 1. The van der Waals surface area contributed by atoms with Crippen LogP contribution in [-0.2, 0) is 19.6 Å². The van der Waals surface area contributed by atoms with Crippen molar-refractivity contribution in [1.29, 1.82) is 0 Å². The molecule has 172 valence electrons. The number of carbonyl (C=O) groups excluding carboxylic acids is 2. The summed E-state index contributed by atoms with van der Waals surface area (Å²) in [6, 6.07) is 10.8. The molecule has 11 heteroatoms. The predicted molar refractivity (Wildman–Crippen MR) is 126 cm³/mol. The van der Waals surface area contributed by atoms with Gasteiger partial charge in [0.2, 0.25) is 0 Å². The smallest absolute Gasteiger partial charge is 0.338 e. The number of nitrogens with one attached hydrogen (secondary N) is 2. The number of carbonyl (C=O) groups is 2. The van der Waals surface area contributed by atoms with E-state index in [4.69, 9.17) is 4.74 Å². The highest BCUT2D eigenvalue weighted by atomic mass is 32.2. The van der Waals surface area contributed by atoms with Gasteiger partial charge in [0, 0.05) is 18.7 Å². The van der Waals surface area contributed by atoms with E-state index in [1.54, 1.807) is 29.8 Å². The molecule has 0 atom stereocenters. The topological polar surface area (TPSA) is 127 Å². The summed E-state index contributed by atoms with van der Waals surface area (Å²) >= 11 is 1.40. The molecular weight excluding hydrogens is 464 g/mol. The minimum absolute atomic E-state index is 0.00195. The number of amidine groups is 1. The molecule has 3 aromatic rings. The van der Waals surface area contributed by atoms with Gasteiger partial charge < -0.3 is 10.1 Å². The lowest BCUT2D eigenvalue weighted by Crippen LogP contribution is -2.30. The SMILES string of the molecule is O=C(COC(=O)c1ccc2ncsc2c1)Nc1cccc(S(=O)(=O)NC2=NCCCCC2)c1. The number of fused-ring (bicyclic) bond motifs is 1. The molecule has 1 amide bonds. The predicted octanol–water partition coefficient (Wildman–Crippen LogP) is 3.34. The van der Waals surface area contributed by atoms with Crippen molar-refractivity contribution in [2.24, 2.45) is 4.99 Å². The molecule has 0 saturated carbocycles. The Morgan fingerprint density at radius 3 is 2.85 bits per heavy atom. The van der Waals surface area contributed by atoms with Gasteiger partial charge in [0.15, 0.2) is 6.61 Å². The van der Waals surface area contributed by atoms with E-state index in [1.165, 1.54) is 29.5 Å². The van der Waals surface area contributed by atoms with Crippen molar-refractivity contribution in [2.45, 2.75) is 30.6 Å². The zero-order chi connectivity index (χ0) is 23.3. The van der Waals surface area contributed by atoms with Gasteiger partial charge in [0.1, 0.15) is 5.84 Å². The fourth-order valence-electron chi connectivity index (χ4n) is 3.31. The molecule has 2 N–H and O–H groups in total. The fourth-order valence-corrected chi connectivity index (χ4v) is 5.16. The van der Waals surface area contributed by atoms with Gasteiger partial charge in [-0.3, -0.25) is 14.5 Å². The van der Waals surface area contributed by atoms with Crippen LogP contribution < -0.4 is 10.0 Å². The summed E-state index contributed by atoms with van der Waals surface area (Å²) in [7, 11) is -3.83. The first-order valence-electron chi connectivity index (χ1n) is 10.4. The second kappa shape index (κ2) is 10.1. The second-order valence-corrected chi connectivity index (χ2v) is 10.0. The van der Waals surface area contributed by atoms with Crippen LogP contribution in [0.2, 0.25) is 0 Å². The molecule has 4 rings (SSSR count). The molecule has 0 unspecified atom stereocenters. The fraction of sp³-hybridized carbons (Fsp3) is 0.273. The maximum atomic E-state index is 12.7. The Hall–Kier alpha value is -3.31. The lowest BCUT2D eigenvalue weighted by atomic mass is 10.2. The van der Waals surface area contributed by atoms with E-state index < -0.39 is 28.5 Å². The molecule has 1 aromatic heterocycles. The van der Waals surface area contributed by atoms with E-state index in [2.05, 4.69) is 20.0 Å². The monoisotopic (exact) mass is 486 g/mol. The molecule has 2 aromatic carbocycles. The number of aromatic nitrogens is 1. The Morgan fingerprint density at radius 2 is 1.97 bits per heavy atom. The summed E-state index contributed by atoms with van der Waals surface area (Å²) in [5.41, 5.74) is 3.05. The molecule has 1 aliphatic rings. The highest BCUT2D eigenvalue weighted by Gasteiger charge is 2.18. The van der Waals surface area contributed by atoms with Crippen LogP contribution in [0, 0.1) is 0 Å². The lowest BCUT2D eigenvalue weighted by Gasteiger charge is -2.11. The van der Waals surface area contributed by atoms with Crippen molar-refractivity contribution in [2.75, 3.05) is 18.5 Å². The molecule has 0 fully saturated rings. The molecule has 33 heavy (non-hydrogen) atoms. The molecular formula is C22H22N4O5S2. The zero-order valence-corrected chi connectivity index (χ0v) is 19.2. The Morgan fingerprint density at radius 1 is 1.09 bits per heavy atom. The lowest BCUT2D eigenvalue weighted by molar-refractivity contribution is -0.119. The minimum atomic E-state index is -3.83. The van der Waals surface area contributed by atoms with E-state index in [1.807, 2.05) is 0 Å². The first-order valence-corrected chi connectivity index (χ1v) is 12.7. The van der Waals surface area contributed by atoms with E-state index in [0.29, 0.717) is 24.4 Å². The van der Waals surface area contributed by atoms with Crippen LogP contribution in [0.4, 0.5) is 5.69 Å². The van der Waals surface area contributed by atoms with Gasteiger partial charge in [-0.2, -0.15) is 0 Å². The highest BCUT2D eigenvalue weighted by molar-refractivity contribution is 7.90. The van der Waals surface area contributed by atoms with E-state index in [9.17, 15) is 18.0 Å². The van der Waals surface area contributed by atoms with Crippen molar-refractivity contribution in [3.05, 3.63) is 53.5 Å². The Kier molecular flexibility index (Phi) is 6.99. The largest absolute Gasteiger partial charge is 0.452 e. The van der Waals surface area contributed by atoms with E-state index in [-0.39, 0.29) is 10.6 Å². The summed E-state index contributed by atoms with van der Waals surface area (Å²) in [4.78, 5) is 32.9. The molecule has 0 bridgehead atoms. The molecule has 0 spiro atoms. The third kappa shape index (κ3) is 5.93. The average molecular weight is 487 g/mol. The summed E-state index contributed by atoms with van der Waals surface area (Å²) < 4.78 is 33.9. The summed E-state index contributed by atoms with van der Waals surface area (Å²) in [5.74, 6) is -0.770. The normalized spacial score (nSPS) is 14.2. The van der Waals surface area contributed by atoms with Crippen LogP contribution >= 0.6 is 11.3 Å². The van der Waals surface area contributed by atoms with Crippen molar-refractivity contribution < 1.29 is 22.7 Å². The van der Waals surface area contributed by atoms with Crippen LogP contribution in [0.5, 0.6) is 0 Å². The number of rotatable bonds is 6. The molecule has 2 heterocycles. The third-order valence-electron chi connectivity index (χ3n) is 4.96. The second-order valence-electron chi connectivity index (χ2n) is 7.43. The number of hydrogen-bond donors (Lipinski definition) is 2. The standard InChI is InChI=1S/C22H22N4O5S2/c27-21(13-31-22(28)15-8-9-18-19(11-15)32-14-24-18)25-16-5-4-6-17(12-16)33(29,30)26-20-7-2-1-3-10-23-20/h4-6,8-9,11-12,14H,1-3,7,10,13H2,(H,23,26)(H,25,27). The van der Waals surface area contributed by atoms with Crippen molar-refractivity contribution in [1.82, 2.24) is 9.71 Å². The first kappa shape index (κ1) is 22.9. The maximum Gasteiger partial charge on any atom is 0.338 e. The van der Waals surface area contributed by atoms with Crippen LogP contribution in [0.3, 0.4) is 0 Å². The van der Waals surface area contributed by atoms with Crippen molar-refractivity contribution in [3.8, 4) is 0 Å². The van der Waals surface area contributed by atoms with Crippen molar-refractivity contribution in [3.63, 3.8) is 0 Å². The number of benzene rings is 2. The van der Waals surface area contributed by atoms with Gasteiger partial charge in [-0.05, 0) is 49.2 Å². The Balaban J connectivity index is 1.35. The quantitative estimate of drug-likeness (QED) is 0.515. The number of thiazole rings is 1. The number of nitrogens with zero attached hydrogens (tertiary/aromatic N) is 2. The van der Waals surface area contributed by atoms with Crippen LogP contribution in [0.15, 0.2) is 57.9 Å². The highest BCUT2D eigenvalue weighted by Crippen LogP contribution is 2.20. The minimum Gasteiger partial charge on any atom is -0.452 e. The molecule has 0 saturated heterocycles. The van der Waals surface area contributed by atoms with E-state index >= 15 is 0 Å². The zero-order valence-electron chi connectivity index (χ0n) is 17.6. The van der Waals surface area contributed by atoms with Gasteiger partial charge >= 0.3 is 5.97 Å². The third-order valence-corrected chi connectivity index (χ3v) is 7.13. The van der Waals surface area contributed by atoms with Gasteiger partial charge in [0.25, 0.3) is 15.9 Å². The van der Waals surface area contributed by atoms with Crippen LogP contribution in [0.1, 0.15) is 36.0 Å². The summed E-state index contributed by atoms with van der Waals surface area (Å²) in [6.45, 7) is 0.0936. The van der Waals surface area contributed by atoms with Crippen LogP contribution in [0.25, 0.3) is 10.2 Å². The van der Waals surface area contributed by atoms with Gasteiger partial charge in [-0.1, -0.05) is 12.5 Å². The molecule has 1 aliphatic heterocycles. The average Bonchev–Trinajstić information content (AvgIpc) is 3.13. The van der Waals surface area contributed by atoms with Crippen molar-refractivity contribution >= 4 is 55.0 Å². The number of anilines is 1. The summed E-state index contributed by atoms with van der Waals surface area (Å²) in [5, 5.41) is 2.55. The number of aliphatic imine (C=N–C) groups is 1. The number of amides is 1. The van der Waals surface area contributed by atoms with Gasteiger partial charge in [-0.25, -0.2) is 18.2 Å². The van der Waals surface area contributed by atoms with Crippen LogP contribution in [-0.4, -0.2) is 44.3 Å². The van der Waals surface area contributed by atoms with Gasteiger partial charge in [-0.15, -0.1) is 11.3 Å². The van der Waals surface area contributed by atoms with E-state index in [0.717, 1.165) is 29.5 Å². The Bertz CT molecular complexity index is 1320. The number of hydrogen-bond acceptors (Lipinski definition) is 8. The number of ether oxygens (including phenoxy) is 1. The molecule has 9 nitrogen and oxygen atoms in total. The molecule has 0 radical (unpaired) electrons. The maximum absolute atomic E-state index is 12.7. The number of esters is 1.